The fourth-order valence-electron chi connectivity index (χ4n) is 7.19. The number of phenolic OH excluding ortho intramolecular Hbond substituents is 1. The number of phenols is 1. The van der Waals surface area contributed by atoms with E-state index in [9.17, 15) is 44.5 Å². The highest BCUT2D eigenvalue weighted by atomic mass is 16.4. The molecule has 2 rings (SSSR count). The van der Waals surface area contributed by atoms with E-state index in [4.69, 9.17) is 11.5 Å². The Hall–Kier alpha value is -5.62. The standard InChI is InChI=1S/C42H70N12O8/c1-8-27(4)35(39(59)49-33(41(61)62)24-26(2)3)50-37(57)32(25-28-17-19-29(55)20-18-28)48-38(58)34-16-13-22-53(34)40(60)31(15-12-21-46-42(43)44)47-36(56)30(51-52-45)14-10-9-11-23-54(5,6)7/h17-20,26-27,30-35H,8-16,21-25H2,1-7H3,(H9-,43,44,46,47,48,49,50,55,56,57,58,59,61,62)/p+1/t27-,30-,31-,32-,33-,34-,35-/m0/s1. The second-order valence-corrected chi connectivity index (χ2v) is 17.6. The summed E-state index contributed by atoms with van der Waals surface area (Å²) in [6.45, 7) is 8.49. The fourth-order valence-corrected chi connectivity index (χ4v) is 7.19. The van der Waals surface area contributed by atoms with Crippen molar-refractivity contribution in [2.45, 2.75) is 135 Å². The van der Waals surface area contributed by atoms with Crippen molar-refractivity contribution in [3.8, 4) is 5.75 Å². The minimum Gasteiger partial charge on any atom is -0.508 e. The highest BCUT2D eigenvalue weighted by Gasteiger charge is 2.40. The van der Waals surface area contributed by atoms with Crippen LogP contribution in [0.4, 0.5) is 0 Å². The van der Waals surface area contributed by atoms with Crippen molar-refractivity contribution >= 4 is 41.5 Å². The second-order valence-electron chi connectivity index (χ2n) is 17.6. The first-order valence-electron chi connectivity index (χ1n) is 21.6. The average Bonchev–Trinajstić information content (AvgIpc) is 3.70. The first-order chi connectivity index (χ1) is 29.2. The Morgan fingerprint density at radius 3 is 2.13 bits per heavy atom. The number of rotatable bonds is 27. The molecule has 10 N–H and O–H groups in total. The molecule has 0 aliphatic carbocycles. The maximum Gasteiger partial charge on any atom is 0.326 e. The number of carbonyl (C=O) groups excluding carboxylic acids is 5. The van der Waals surface area contributed by atoms with Gasteiger partial charge in [-0.05, 0) is 86.4 Å². The molecule has 0 radical (unpaired) electrons. The molecule has 0 saturated carbocycles. The first-order valence-corrected chi connectivity index (χ1v) is 21.6. The van der Waals surface area contributed by atoms with Gasteiger partial charge in [0.1, 0.15) is 42.0 Å². The third kappa shape index (κ3) is 18.6. The van der Waals surface area contributed by atoms with Crippen LogP contribution in [0.25, 0.3) is 10.4 Å². The lowest BCUT2D eigenvalue weighted by molar-refractivity contribution is -0.870. The lowest BCUT2D eigenvalue weighted by Crippen LogP contribution is -2.60. The van der Waals surface area contributed by atoms with Gasteiger partial charge in [0.2, 0.25) is 29.5 Å². The Labute approximate surface area is 365 Å². The number of quaternary nitrogens is 1. The molecule has 0 unspecified atom stereocenters. The van der Waals surface area contributed by atoms with Gasteiger partial charge in [-0.25, -0.2) is 4.79 Å². The molecule has 0 bridgehead atoms. The van der Waals surface area contributed by atoms with Gasteiger partial charge in [-0.15, -0.1) is 0 Å². The first kappa shape index (κ1) is 52.5. The number of carboxylic acid groups (broad SMARTS) is 1. The Morgan fingerprint density at radius 2 is 1.55 bits per heavy atom. The number of amides is 5. The van der Waals surface area contributed by atoms with Crippen LogP contribution in [0.3, 0.4) is 0 Å². The molecule has 7 atom stereocenters. The van der Waals surface area contributed by atoms with E-state index in [1.165, 1.54) is 17.0 Å². The minimum absolute atomic E-state index is 0.0111. The zero-order valence-electron chi connectivity index (χ0n) is 37.5. The Kier molecular flexibility index (Phi) is 22.0. The Bertz CT molecular complexity index is 1720. The number of unbranched alkanes of at least 4 members (excludes halogenated alkanes) is 2. The van der Waals surface area contributed by atoms with E-state index < -0.39 is 77.7 Å². The van der Waals surface area contributed by atoms with Gasteiger partial charge in [0.05, 0.1) is 27.7 Å². The van der Waals surface area contributed by atoms with Crippen molar-refractivity contribution in [3.05, 3.63) is 40.3 Å². The molecular formula is C42H71N12O8+. The Morgan fingerprint density at radius 1 is 0.887 bits per heavy atom. The van der Waals surface area contributed by atoms with Gasteiger partial charge in [-0.2, -0.15) is 0 Å². The summed E-state index contributed by atoms with van der Waals surface area (Å²) in [5, 5.41) is 34.3. The zero-order chi connectivity index (χ0) is 46.6. The van der Waals surface area contributed by atoms with E-state index in [1.807, 2.05) is 20.8 Å². The molecule has 1 aromatic rings. The van der Waals surface area contributed by atoms with Crippen molar-refractivity contribution in [3.63, 3.8) is 0 Å². The van der Waals surface area contributed by atoms with Crippen molar-refractivity contribution in [2.24, 2.45) is 33.4 Å². The van der Waals surface area contributed by atoms with Crippen LogP contribution in [0.2, 0.25) is 0 Å². The van der Waals surface area contributed by atoms with Crippen molar-refractivity contribution < 1.29 is 43.5 Å². The summed E-state index contributed by atoms with van der Waals surface area (Å²) in [6, 6.07) is -0.804. The number of nitrogens with one attached hydrogen (secondary N) is 4. The zero-order valence-corrected chi connectivity index (χ0v) is 37.5. The molecule has 1 aromatic carbocycles. The van der Waals surface area contributed by atoms with Crippen molar-refractivity contribution in [1.29, 1.82) is 0 Å². The van der Waals surface area contributed by atoms with Crippen LogP contribution in [-0.4, -0.2) is 138 Å². The number of guanidine groups is 1. The number of aliphatic imine (C=N–C) groups is 1. The van der Waals surface area contributed by atoms with Crippen LogP contribution in [0.1, 0.15) is 97.5 Å². The second kappa shape index (κ2) is 26.0. The Balaban J connectivity index is 2.38. The topological polar surface area (TPSA) is 307 Å². The third-order valence-corrected chi connectivity index (χ3v) is 10.8. The number of nitrogens with two attached hydrogens (primary N) is 2. The number of carbonyl (C=O) groups is 6. The summed E-state index contributed by atoms with van der Waals surface area (Å²) in [4.78, 5) is 90.0. The molecule has 62 heavy (non-hydrogen) atoms. The molecule has 1 saturated heterocycles. The van der Waals surface area contributed by atoms with Gasteiger partial charge >= 0.3 is 5.97 Å². The summed E-state index contributed by atoms with van der Waals surface area (Å²) < 4.78 is 0.790. The monoisotopic (exact) mass is 872 g/mol. The number of benzene rings is 1. The average molecular weight is 872 g/mol. The fraction of sp³-hybridized carbons (Fsp3) is 0.690. The molecule has 20 heteroatoms. The summed E-state index contributed by atoms with van der Waals surface area (Å²) in [5.41, 5.74) is 20.9. The molecule has 20 nitrogen and oxygen atoms in total. The van der Waals surface area contributed by atoms with E-state index in [-0.39, 0.29) is 62.8 Å². The number of azide groups is 1. The van der Waals surface area contributed by atoms with E-state index in [2.05, 4.69) is 57.4 Å². The van der Waals surface area contributed by atoms with Crippen LogP contribution < -0.4 is 32.7 Å². The lowest BCUT2D eigenvalue weighted by atomic mass is 9.96. The van der Waals surface area contributed by atoms with Crippen LogP contribution in [0, 0.1) is 11.8 Å². The van der Waals surface area contributed by atoms with E-state index in [0.717, 1.165) is 23.9 Å². The summed E-state index contributed by atoms with van der Waals surface area (Å²) in [6.07, 6.45) is 4.28. The van der Waals surface area contributed by atoms with Crippen molar-refractivity contribution in [2.75, 3.05) is 40.8 Å². The smallest absolute Gasteiger partial charge is 0.326 e. The van der Waals surface area contributed by atoms with Gasteiger partial charge in [-0.1, -0.05) is 57.8 Å². The molecule has 0 spiro atoms. The molecule has 0 aromatic heterocycles. The van der Waals surface area contributed by atoms with Gasteiger partial charge in [-0.3, -0.25) is 29.0 Å². The molecule has 1 aliphatic rings. The van der Waals surface area contributed by atoms with Gasteiger partial charge < -0.3 is 52.3 Å². The number of nitrogens with zero attached hydrogens (tertiary/aromatic N) is 6. The highest BCUT2D eigenvalue weighted by Crippen LogP contribution is 2.22. The summed E-state index contributed by atoms with van der Waals surface area (Å²) in [7, 11) is 6.26. The molecule has 1 fully saturated rings. The van der Waals surface area contributed by atoms with Crippen LogP contribution in [-0.2, 0) is 35.2 Å². The number of likely N-dealkylation sites (tertiary alicyclic amines) is 1. The molecule has 5 amide bonds. The number of hydrogen-bond donors (Lipinski definition) is 8. The van der Waals surface area contributed by atoms with E-state index >= 15 is 0 Å². The predicted octanol–water partition coefficient (Wildman–Crippen LogP) is 2.04. The minimum atomic E-state index is -1.27. The number of carboxylic acids is 1. The normalized spacial score (nSPS) is 16.7. The predicted molar refractivity (Wildman–Crippen MR) is 235 cm³/mol. The van der Waals surface area contributed by atoms with E-state index in [0.29, 0.717) is 31.2 Å². The van der Waals surface area contributed by atoms with Gasteiger partial charge in [0.25, 0.3) is 0 Å². The lowest BCUT2D eigenvalue weighted by Gasteiger charge is -2.31. The highest BCUT2D eigenvalue weighted by molar-refractivity contribution is 5.97. The summed E-state index contributed by atoms with van der Waals surface area (Å²) in [5.74, 6) is -5.04. The number of aliphatic carboxylic acids is 1. The van der Waals surface area contributed by atoms with Crippen LogP contribution >= 0.6 is 0 Å². The molecular weight excluding hydrogens is 801 g/mol. The number of aromatic hydroxyl groups is 1. The molecule has 1 aliphatic heterocycles. The molecule has 1 heterocycles. The van der Waals surface area contributed by atoms with Gasteiger partial charge in [0, 0.05) is 24.4 Å². The third-order valence-electron chi connectivity index (χ3n) is 10.8. The van der Waals surface area contributed by atoms with Crippen LogP contribution in [0.5, 0.6) is 5.75 Å². The van der Waals surface area contributed by atoms with Crippen LogP contribution in [0.15, 0.2) is 34.4 Å². The molecule has 346 valence electrons. The summed E-state index contributed by atoms with van der Waals surface area (Å²) >= 11 is 0. The number of hydrogen-bond acceptors (Lipinski definition) is 9. The van der Waals surface area contributed by atoms with Crippen molar-refractivity contribution in [1.82, 2.24) is 26.2 Å². The SMILES string of the molecule is CC[C@H](C)[C@H](NC(=O)[C@H](Cc1ccc(O)cc1)NC(=O)[C@@H]1CCCN1C(=O)[C@H](CCCN=C(N)N)NC(=O)[C@H](CCCCC[N+](C)(C)C)N=[N+]=[N-])C(=O)N[C@@H](CC(C)C)C(=O)O. The van der Waals surface area contributed by atoms with E-state index in [1.54, 1.807) is 19.1 Å². The quantitative estimate of drug-likeness (QED) is 0.0121. The maximum atomic E-state index is 14.3. The largest absolute Gasteiger partial charge is 0.508 e. The van der Waals surface area contributed by atoms with Gasteiger partial charge in [0.15, 0.2) is 5.96 Å². The maximum absolute atomic E-state index is 14.3.